The zero-order valence-electron chi connectivity index (χ0n) is 10.6. The molecule has 0 spiro atoms. The van der Waals surface area contributed by atoms with Crippen molar-refractivity contribution in [3.8, 4) is 0 Å². The monoisotopic (exact) mass is 376 g/mol. The van der Waals surface area contributed by atoms with Crippen molar-refractivity contribution in [1.82, 2.24) is 0 Å². The van der Waals surface area contributed by atoms with Crippen molar-refractivity contribution in [2.45, 2.75) is 71.1 Å². The van der Waals surface area contributed by atoms with Crippen LogP contribution in [-0.4, -0.2) is 11.1 Å². The van der Waals surface area contributed by atoms with Crippen LogP contribution in [0.1, 0.15) is 71.1 Å². The van der Waals surface area contributed by atoms with E-state index in [1.165, 1.54) is 51.4 Å². The maximum Gasteiger partial charge on any atom is 0.189 e. The first-order chi connectivity index (χ1) is 7.27. The molecule has 0 saturated heterocycles. The summed E-state index contributed by atoms with van der Waals surface area (Å²) in [4.78, 5) is 8.62. The van der Waals surface area contributed by atoms with E-state index < -0.39 is 8.03 Å². The van der Waals surface area contributed by atoms with E-state index in [4.69, 9.17) is 4.89 Å². The van der Waals surface area contributed by atoms with Crippen LogP contribution in [0.5, 0.6) is 0 Å². The SMILES string of the molecule is CCCCCCCCCCCC[PH](=O)O.[Nd]. The van der Waals surface area contributed by atoms with E-state index in [2.05, 4.69) is 6.92 Å². The van der Waals surface area contributed by atoms with Crippen molar-refractivity contribution >= 4 is 8.03 Å². The molecule has 1 N–H and O–H groups in total. The molecule has 0 rings (SSSR count). The number of unbranched alkanes of at least 4 members (excludes halogenated alkanes) is 9. The largest absolute Gasteiger partial charge is 0.346 e. The van der Waals surface area contributed by atoms with Crippen LogP contribution in [0.25, 0.3) is 0 Å². The van der Waals surface area contributed by atoms with E-state index in [9.17, 15) is 4.57 Å². The zero-order chi connectivity index (χ0) is 11.4. The molecule has 0 saturated carbocycles. The van der Waals surface area contributed by atoms with Crippen LogP contribution in [0, 0.1) is 40.8 Å². The fourth-order valence-corrected chi connectivity index (χ4v) is 2.32. The van der Waals surface area contributed by atoms with Gasteiger partial charge < -0.3 is 4.89 Å². The van der Waals surface area contributed by atoms with Gasteiger partial charge in [0.1, 0.15) is 0 Å². The molecular weight excluding hydrogens is 351 g/mol. The molecule has 0 amide bonds. The summed E-state index contributed by atoms with van der Waals surface area (Å²) in [6, 6.07) is 0. The molecule has 0 aliphatic carbocycles. The molecule has 0 aromatic rings. The Morgan fingerprint density at radius 1 is 0.812 bits per heavy atom. The van der Waals surface area contributed by atoms with Crippen LogP contribution in [0.2, 0.25) is 0 Å². The standard InChI is InChI=1S/C12H27O2P.Nd/c1-2-3-4-5-6-7-8-9-10-11-12-15(13)14;/h15H,2-12H2,1H3,(H,13,14);. The van der Waals surface area contributed by atoms with Crippen molar-refractivity contribution in [3.63, 3.8) is 0 Å². The van der Waals surface area contributed by atoms with Gasteiger partial charge in [0.15, 0.2) is 8.03 Å². The van der Waals surface area contributed by atoms with Gasteiger partial charge in [-0.1, -0.05) is 64.7 Å². The van der Waals surface area contributed by atoms with Crippen LogP contribution in [0.4, 0.5) is 0 Å². The van der Waals surface area contributed by atoms with E-state index in [1.807, 2.05) is 0 Å². The molecule has 4 heteroatoms. The molecule has 0 aliphatic rings. The number of rotatable bonds is 11. The van der Waals surface area contributed by atoms with Gasteiger partial charge in [-0.3, -0.25) is 4.57 Å². The Balaban J connectivity index is 0. The summed E-state index contributed by atoms with van der Waals surface area (Å²) in [7, 11) is -2.19. The molecule has 0 aromatic carbocycles. The van der Waals surface area contributed by atoms with E-state index >= 15 is 0 Å². The summed E-state index contributed by atoms with van der Waals surface area (Å²) in [5, 5.41) is 0. The third-order valence-electron chi connectivity index (χ3n) is 2.74. The first-order valence-electron chi connectivity index (χ1n) is 6.49. The van der Waals surface area contributed by atoms with E-state index in [0.717, 1.165) is 12.8 Å². The maximum absolute atomic E-state index is 10.4. The molecule has 0 radical (unpaired) electrons. The van der Waals surface area contributed by atoms with E-state index in [0.29, 0.717) is 6.16 Å². The quantitative estimate of drug-likeness (QED) is 0.428. The second-order valence-corrected chi connectivity index (χ2v) is 5.61. The third-order valence-corrected chi connectivity index (χ3v) is 3.53. The smallest absolute Gasteiger partial charge is 0.189 e. The maximum atomic E-state index is 10.4. The summed E-state index contributed by atoms with van der Waals surface area (Å²) in [5.41, 5.74) is 0. The minimum Gasteiger partial charge on any atom is -0.346 e. The first-order valence-corrected chi connectivity index (χ1v) is 8.05. The van der Waals surface area contributed by atoms with Gasteiger partial charge in [-0.15, -0.1) is 0 Å². The predicted molar refractivity (Wildman–Crippen MR) is 67.9 cm³/mol. The van der Waals surface area contributed by atoms with Crippen LogP contribution >= 0.6 is 8.03 Å². The molecule has 1 atom stereocenters. The Kier molecular flexibility index (Phi) is 20.5. The Hall–Kier alpha value is 1.54. The Bertz CT molecular complexity index is 154. The normalized spacial score (nSPS) is 12.1. The number of hydrogen-bond acceptors (Lipinski definition) is 1. The van der Waals surface area contributed by atoms with Gasteiger partial charge in [0.25, 0.3) is 0 Å². The average molecular weight is 379 g/mol. The molecule has 0 aliphatic heterocycles. The fourth-order valence-electron chi connectivity index (χ4n) is 1.76. The van der Waals surface area contributed by atoms with Gasteiger partial charge >= 0.3 is 0 Å². The summed E-state index contributed by atoms with van der Waals surface area (Å²) >= 11 is 0. The second kappa shape index (κ2) is 16.5. The average Bonchev–Trinajstić information content (AvgIpc) is 2.20. The van der Waals surface area contributed by atoms with Crippen molar-refractivity contribution in [3.05, 3.63) is 0 Å². The molecular formula is C12H27NdO2P. The Morgan fingerprint density at radius 2 is 1.19 bits per heavy atom. The Labute approximate surface area is 134 Å². The molecule has 96 valence electrons. The summed E-state index contributed by atoms with van der Waals surface area (Å²) in [6.45, 7) is 2.24. The van der Waals surface area contributed by atoms with E-state index in [-0.39, 0.29) is 40.8 Å². The van der Waals surface area contributed by atoms with Crippen LogP contribution in [0.3, 0.4) is 0 Å². The van der Waals surface area contributed by atoms with Crippen molar-refractivity contribution in [2.75, 3.05) is 6.16 Å². The predicted octanol–water partition coefficient (Wildman–Crippen LogP) is 4.37. The van der Waals surface area contributed by atoms with Crippen LogP contribution in [-0.2, 0) is 4.57 Å². The minimum absolute atomic E-state index is 0. The van der Waals surface area contributed by atoms with Gasteiger partial charge in [-0.25, -0.2) is 0 Å². The molecule has 0 bridgehead atoms. The third kappa shape index (κ3) is 17.9. The summed E-state index contributed by atoms with van der Waals surface area (Å²) in [5.74, 6) is 0. The van der Waals surface area contributed by atoms with Gasteiger partial charge in [0.2, 0.25) is 0 Å². The minimum atomic E-state index is -2.19. The van der Waals surface area contributed by atoms with Crippen molar-refractivity contribution in [2.24, 2.45) is 0 Å². The molecule has 2 nitrogen and oxygen atoms in total. The van der Waals surface area contributed by atoms with Crippen LogP contribution in [0.15, 0.2) is 0 Å². The Morgan fingerprint density at radius 3 is 1.56 bits per heavy atom. The fraction of sp³-hybridized carbons (Fsp3) is 1.00. The molecule has 16 heavy (non-hydrogen) atoms. The van der Waals surface area contributed by atoms with Crippen LogP contribution < -0.4 is 0 Å². The zero-order valence-corrected chi connectivity index (χ0v) is 14.8. The van der Waals surface area contributed by atoms with E-state index in [1.54, 1.807) is 0 Å². The van der Waals surface area contributed by atoms with Gasteiger partial charge in [0.05, 0.1) is 0 Å². The van der Waals surface area contributed by atoms with Gasteiger partial charge in [-0.05, 0) is 6.42 Å². The van der Waals surface area contributed by atoms with Crippen molar-refractivity contribution in [1.29, 1.82) is 0 Å². The summed E-state index contributed by atoms with van der Waals surface area (Å²) in [6.07, 6.45) is 13.3. The molecule has 0 fully saturated rings. The molecule has 1 unspecified atom stereocenters. The molecule has 0 aromatic heterocycles. The van der Waals surface area contributed by atoms with Gasteiger partial charge in [-0.2, -0.15) is 0 Å². The molecule has 0 heterocycles. The van der Waals surface area contributed by atoms with Crippen molar-refractivity contribution < 1.29 is 50.3 Å². The second-order valence-electron chi connectivity index (χ2n) is 4.33. The summed E-state index contributed by atoms with van der Waals surface area (Å²) < 4.78 is 10.4. The number of hydrogen-bond donors (Lipinski definition) is 1. The van der Waals surface area contributed by atoms with Gasteiger partial charge in [0, 0.05) is 47.0 Å². The first kappa shape index (κ1) is 19.9. The topological polar surface area (TPSA) is 37.3 Å².